The van der Waals surface area contributed by atoms with Crippen LogP contribution in [-0.4, -0.2) is 25.8 Å². The van der Waals surface area contributed by atoms with Gasteiger partial charge in [-0.05, 0) is 92.7 Å². The zero-order valence-corrected chi connectivity index (χ0v) is 19.6. The van der Waals surface area contributed by atoms with Gasteiger partial charge >= 0.3 is 0 Å². The van der Waals surface area contributed by atoms with Crippen molar-refractivity contribution in [3.05, 3.63) is 66.8 Å². The number of nitrogens with one attached hydrogen (secondary N) is 1. The predicted octanol–water partition coefficient (Wildman–Crippen LogP) is 5.22. The molecular weight excluding hydrogens is 582 g/mol. The zero-order chi connectivity index (χ0) is 20.1. The second-order valence-corrected chi connectivity index (χ2v) is 8.17. The maximum Gasteiger partial charge on any atom is 0.275 e. The van der Waals surface area contributed by atoms with Gasteiger partial charge in [-0.2, -0.15) is 5.10 Å². The third-order valence-electron chi connectivity index (χ3n) is 4.00. The molecule has 0 aromatic heterocycles. The van der Waals surface area contributed by atoms with Gasteiger partial charge < -0.3 is 9.47 Å². The van der Waals surface area contributed by atoms with Gasteiger partial charge in [-0.25, -0.2) is 5.43 Å². The van der Waals surface area contributed by atoms with Crippen LogP contribution < -0.4 is 14.9 Å². The highest BCUT2D eigenvalue weighted by Gasteiger charge is 2.13. The van der Waals surface area contributed by atoms with Crippen LogP contribution in [0.25, 0.3) is 10.8 Å². The van der Waals surface area contributed by atoms with Crippen LogP contribution in [0, 0.1) is 7.14 Å². The normalized spacial score (nSPS) is 11.0. The van der Waals surface area contributed by atoms with Crippen molar-refractivity contribution in [2.45, 2.75) is 6.92 Å². The summed E-state index contributed by atoms with van der Waals surface area (Å²) in [5, 5.41) is 6.08. The first-order valence-electron chi connectivity index (χ1n) is 8.55. The van der Waals surface area contributed by atoms with Gasteiger partial charge in [-0.3, -0.25) is 4.79 Å². The number of fused-ring (bicyclic) bond motifs is 1. The number of ether oxygens (including phenoxy) is 2. The Balaban J connectivity index is 1.79. The van der Waals surface area contributed by atoms with Crippen molar-refractivity contribution < 1.29 is 14.3 Å². The minimum atomic E-state index is -0.325. The van der Waals surface area contributed by atoms with Crippen LogP contribution in [0.15, 0.2) is 53.6 Å². The van der Waals surface area contributed by atoms with E-state index in [0.717, 1.165) is 29.2 Å². The van der Waals surface area contributed by atoms with E-state index in [1.165, 1.54) is 0 Å². The molecule has 0 aliphatic rings. The number of hydrogen-bond acceptors (Lipinski definition) is 4. The van der Waals surface area contributed by atoms with Crippen molar-refractivity contribution in [1.29, 1.82) is 0 Å². The second kappa shape index (κ2) is 9.55. The molecule has 0 bridgehead atoms. The van der Waals surface area contributed by atoms with E-state index in [4.69, 9.17) is 9.47 Å². The van der Waals surface area contributed by atoms with E-state index >= 15 is 0 Å². The highest BCUT2D eigenvalue weighted by Crippen LogP contribution is 2.28. The number of hydrogen-bond donors (Lipinski definition) is 1. The molecule has 0 heterocycles. The Labute approximate surface area is 190 Å². The summed E-state index contributed by atoms with van der Waals surface area (Å²) < 4.78 is 13.0. The van der Waals surface area contributed by atoms with E-state index in [1.54, 1.807) is 13.3 Å². The molecule has 1 amide bonds. The number of hydrazone groups is 1. The summed E-state index contributed by atoms with van der Waals surface area (Å²) in [4.78, 5) is 12.6. The van der Waals surface area contributed by atoms with Gasteiger partial charge in [0, 0.05) is 0 Å². The molecule has 0 unspecified atom stereocenters. The molecule has 5 nitrogen and oxygen atoms in total. The Morgan fingerprint density at radius 2 is 1.75 bits per heavy atom. The number of halogens is 2. The van der Waals surface area contributed by atoms with Crippen molar-refractivity contribution in [1.82, 2.24) is 5.43 Å². The lowest BCUT2D eigenvalue weighted by Gasteiger charge is -2.10. The summed E-state index contributed by atoms with van der Waals surface area (Å²) >= 11 is 4.46. The highest BCUT2D eigenvalue weighted by atomic mass is 127. The number of methoxy groups -OCH3 is 1. The van der Waals surface area contributed by atoms with Crippen LogP contribution in [0.4, 0.5) is 0 Å². The number of rotatable bonds is 6. The molecule has 3 aromatic carbocycles. The quantitative estimate of drug-likeness (QED) is 0.240. The molecule has 0 aliphatic carbocycles. The summed E-state index contributed by atoms with van der Waals surface area (Å²) in [6.07, 6.45) is 1.62. The largest absolute Gasteiger partial charge is 0.496 e. The molecule has 3 rings (SSSR count). The first-order valence-corrected chi connectivity index (χ1v) is 10.7. The molecule has 0 fully saturated rings. The Morgan fingerprint density at radius 3 is 2.36 bits per heavy atom. The fourth-order valence-electron chi connectivity index (χ4n) is 2.73. The van der Waals surface area contributed by atoms with E-state index in [1.807, 2.05) is 55.5 Å². The lowest BCUT2D eigenvalue weighted by molar-refractivity contribution is 0.0952. The molecular formula is C21H18I2N2O3. The third kappa shape index (κ3) is 4.75. The average Bonchev–Trinajstić information content (AvgIpc) is 2.69. The predicted molar refractivity (Wildman–Crippen MR) is 129 cm³/mol. The molecule has 0 saturated heterocycles. The first-order chi connectivity index (χ1) is 13.5. The number of carbonyl (C=O) groups is 1. The van der Waals surface area contributed by atoms with E-state index in [0.29, 0.717) is 17.9 Å². The number of benzene rings is 3. The molecule has 144 valence electrons. The Morgan fingerprint density at radius 1 is 1.11 bits per heavy atom. The smallest absolute Gasteiger partial charge is 0.275 e. The molecule has 0 atom stereocenters. The van der Waals surface area contributed by atoms with Crippen LogP contribution in [0.5, 0.6) is 11.5 Å². The summed E-state index contributed by atoms with van der Waals surface area (Å²) in [6.45, 7) is 2.57. The van der Waals surface area contributed by atoms with Gasteiger partial charge in [0.1, 0.15) is 11.5 Å². The van der Waals surface area contributed by atoms with Crippen molar-refractivity contribution in [2.24, 2.45) is 5.10 Å². The molecule has 1 N–H and O–H groups in total. The summed E-state index contributed by atoms with van der Waals surface area (Å²) in [6, 6.07) is 15.4. The van der Waals surface area contributed by atoms with Gasteiger partial charge in [0.25, 0.3) is 5.91 Å². The lowest BCUT2D eigenvalue weighted by atomic mass is 10.1. The molecule has 0 spiro atoms. The summed E-state index contributed by atoms with van der Waals surface area (Å²) in [7, 11) is 1.55. The van der Waals surface area contributed by atoms with E-state index in [9.17, 15) is 4.79 Å². The van der Waals surface area contributed by atoms with Gasteiger partial charge in [-0.1, -0.05) is 24.3 Å². The Bertz CT molecular complexity index is 1030. The number of nitrogens with zero attached hydrogens (tertiary/aromatic N) is 1. The zero-order valence-electron chi connectivity index (χ0n) is 15.3. The van der Waals surface area contributed by atoms with Gasteiger partial charge in [0.2, 0.25) is 0 Å². The standard InChI is InChI=1S/C21H18I2N2O3/c1-3-28-20-17(22)8-13(9-18(20)23)12-24-25-21(26)16-10-14-6-4-5-7-15(14)11-19(16)27-2/h4-12H,3H2,1-2H3,(H,25,26)/b24-12-. The molecule has 28 heavy (non-hydrogen) atoms. The molecule has 0 saturated carbocycles. The van der Waals surface area contributed by atoms with Crippen molar-refractivity contribution in [3.8, 4) is 11.5 Å². The van der Waals surface area contributed by atoms with Crippen LogP contribution in [0.2, 0.25) is 0 Å². The highest BCUT2D eigenvalue weighted by molar-refractivity contribution is 14.1. The Kier molecular flexibility index (Phi) is 7.11. The van der Waals surface area contributed by atoms with Crippen molar-refractivity contribution in [2.75, 3.05) is 13.7 Å². The Hall–Kier alpha value is -1.88. The second-order valence-electron chi connectivity index (χ2n) is 5.85. The maximum atomic E-state index is 12.6. The van der Waals surface area contributed by atoms with E-state index in [-0.39, 0.29) is 5.91 Å². The average molecular weight is 600 g/mol. The van der Waals surface area contributed by atoms with Crippen LogP contribution in [0.3, 0.4) is 0 Å². The molecule has 0 radical (unpaired) electrons. The summed E-state index contributed by atoms with van der Waals surface area (Å²) in [5.74, 6) is 1.05. The van der Waals surface area contributed by atoms with Gasteiger partial charge in [0.05, 0.1) is 32.6 Å². The monoisotopic (exact) mass is 600 g/mol. The van der Waals surface area contributed by atoms with Gasteiger partial charge in [-0.15, -0.1) is 0 Å². The number of carbonyl (C=O) groups excluding carboxylic acids is 1. The molecule has 7 heteroatoms. The minimum absolute atomic E-state index is 0.325. The fourth-order valence-corrected chi connectivity index (χ4v) is 4.86. The molecule has 3 aromatic rings. The fraction of sp³-hybridized carbons (Fsp3) is 0.143. The minimum Gasteiger partial charge on any atom is -0.496 e. The van der Waals surface area contributed by atoms with Crippen LogP contribution in [-0.2, 0) is 0 Å². The number of amides is 1. The van der Waals surface area contributed by atoms with Crippen molar-refractivity contribution >= 4 is 68.1 Å². The summed E-state index contributed by atoms with van der Waals surface area (Å²) in [5.41, 5.74) is 3.90. The SMILES string of the molecule is CCOc1c(I)cc(/C=N\NC(=O)c2cc3ccccc3cc2OC)cc1I. The first kappa shape index (κ1) is 20.8. The third-order valence-corrected chi connectivity index (χ3v) is 5.60. The van der Waals surface area contributed by atoms with Crippen LogP contribution >= 0.6 is 45.2 Å². The van der Waals surface area contributed by atoms with E-state index < -0.39 is 0 Å². The van der Waals surface area contributed by atoms with Crippen LogP contribution in [0.1, 0.15) is 22.8 Å². The maximum absolute atomic E-state index is 12.6. The molecule has 0 aliphatic heterocycles. The lowest BCUT2D eigenvalue weighted by Crippen LogP contribution is -2.18. The topological polar surface area (TPSA) is 59.9 Å². The van der Waals surface area contributed by atoms with Gasteiger partial charge in [0.15, 0.2) is 0 Å². The van der Waals surface area contributed by atoms with E-state index in [2.05, 4.69) is 55.7 Å². The van der Waals surface area contributed by atoms with Crippen molar-refractivity contribution in [3.63, 3.8) is 0 Å².